The standard InChI is InChI=1S/C46H41ClF3N3O4/c1-32-26-36(27-42(47)45(32)57-43-18-17-41(29-51-43)56-31-35-10-14-39(15-11-35)46(48,49)50)12-19-44(54)53-23-21-52(22-24-53)30-34-8-6-33(7-9-34)20-25-55-40-16-13-37-4-2-3-5-38(37)28-40/h2-19,26-29H,20-25,30-31H2,1H3. The fourth-order valence-corrected chi connectivity index (χ4v) is 6.88. The van der Waals surface area contributed by atoms with E-state index in [2.05, 4.69) is 58.4 Å². The minimum absolute atomic E-state index is 0.0520. The molecule has 6 aromatic rings. The number of alkyl halides is 3. The zero-order chi connectivity index (χ0) is 39.8. The molecular formula is C46H41ClF3N3O4. The second kappa shape index (κ2) is 18.0. The molecule has 7 nitrogen and oxygen atoms in total. The van der Waals surface area contributed by atoms with Gasteiger partial charge < -0.3 is 19.1 Å². The molecule has 1 saturated heterocycles. The summed E-state index contributed by atoms with van der Waals surface area (Å²) in [4.78, 5) is 21.6. The molecule has 1 aliphatic rings. The van der Waals surface area contributed by atoms with Crippen molar-refractivity contribution in [1.29, 1.82) is 0 Å². The highest BCUT2D eigenvalue weighted by molar-refractivity contribution is 6.32. The van der Waals surface area contributed by atoms with Gasteiger partial charge in [-0.3, -0.25) is 9.69 Å². The summed E-state index contributed by atoms with van der Waals surface area (Å²) in [5.74, 6) is 1.98. The monoisotopic (exact) mass is 791 g/mol. The van der Waals surface area contributed by atoms with Crippen molar-refractivity contribution in [2.75, 3.05) is 32.8 Å². The highest BCUT2D eigenvalue weighted by atomic mass is 35.5. The Hall–Kier alpha value is -5.84. The number of benzene rings is 5. The van der Waals surface area contributed by atoms with Gasteiger partial charge in [0.2, 0.25) is 11.8 Å². The number of hydrogen-bond acceptors (Lipinski definition) is 6. The highest BCUT2D eigenvalue weighted by Crippen LogP contribution is 2.34. The van der Waals surface area contributed by atoms with E-state index in [1.54, 1.807) is 30.4 Å². The molecule has 11 heteroatoms. The third kappa shape index (κ3) is 10.7. The quantitative estimate of drug-likeness (QED) is 0.109. The molecule has 1 amide bonds. The van der Waals surface area contributed by atoms with Crippen LogP contribution in [0.15, 0.2) is 128 Å². The number of carbonyl (C=O) groups excluding carboxylic acids is 1. The van der Waals surface area contributed by atoms with Crippen LogP contribution in [0.1, 0.15) is 33.4 Å². The number of aromatic nitrogens is 1. The average molecular weight is 792 g/mol. The minimum Gasteiger partial charge on any atom is -0.493 e. The topological polar surface area (TPSA) is 64.1 Å². The van der Waals surface area contributed by atoms with Gasteiger partial charge >= 0.3 is 6.18 Å². The molecule has 1 fully saturated rings. The van der Waals surface area contributed by atoms with Crippen LogP contribution in [0.5, 0.6) is 23.1 Å². The Balaban J connectivity index is 0.833. The summed E-state index contributed by atoms with van der Waals surface area (Å²) in [6.45, 7) is 6.25. The molecule has 0 aliphatic carbocycles. The van der Waals surface area contributed by atoms with Gasteiger partial charge in [-0.1, -0.05) is 78.3 Å². The Bertz CT molecular complexity index is 2300. The number of nitrogens with zero attached hydrogens (tertiary/aromatic N) is 3. The van der Waals surface area contributed by atoms with Crippen LogP contribution >= 0.6 is 11.6 Å². The number of halogens is 4. The van der Waals surface area contributed by atoms with E-state index in [4.69, 9.17) is 25.8 Å². The molecule has 0 N–H and O–H groups in total. The van der Waals surface area contributed by atoms with Crippen LogP contribution in [0.2, 0.25) is 5.02 Å². The Morgan fingerprint density at radius 3 is 2.19 bits per heavy atom. The number of amides is 1. The Kier molecular flexibility index (Phi) is 12.4. The summed E-state index contributed by atoms with van der Waals surface area (Å²) in [5.41, 5.74) is 3.88. The largest absolute Gasteiger partial charge is 0.493 e. The fourth-order valence-electron chi connectivity index (χ4n) is 6.57. The van der Waals surface area contributed by atoms with Crippen LogP contribution in [0, 0.1) is 6.92 Å². The Labute approximate surface area is 334 Å². The van der Waals surface area contributed by atoms with Crippen molar-refractivity contribution in [3.05, 3.63) is 166 Å². The van der Waals surface area contributed by atoms with E-state index >= 15 is 0 Å². The second-order valence-corrected chi connectivity index (χ2v) is 14.3. The van der Waals surface area contributed by atoms with Crippen LogP contribution in [-0.4, -0.2) is 53.5 Å². The molecule has 0 atom stereocenters. The first-order valence-corrected chi connectivity index (χ1v) is 19.1. The van der Waals surface area contributed by atoms with Crippen molar-refractivity contribution < 1.29 is 32.2 Å². The number of piperazine rings is 1. The minimum atomic E-state index is -4.39. The number of aryl methyl sites for hydroxylation is 1. The van der Waals surface area contributed by atoms with Crippen LogP contribution in [0.25, 0.3) is 16.8 Å². The predicted molar refractivity (Wildman–Crippen MR) is 217 cm³/mol. The number of rotatable bonds is 13. The lowest BCUT2D eigenvalue weighted by Crippen LogP contribution is -2.47. The fraction of sp³-hybridized carbons (Fsp3) is 0.217. The SMILES string of the molecule is Cc1cc(C=CC(=O)N2CCN(Cc3ccc(CCOc4ccc5ccccc5c4)cc3)CC2)cc(Cl)c1Oc1ccc(OCc2ccc(C(F)(F)F)cc2)cn1. The van der Waals surface area contributed by atoms with Gasteiger partial charge in [-0.25, -0.2) is 4.98 Å². The number of fused-ring (bicyclic) bond motifs is 1. The van der Waals surface area contributed by atoms with E-state index in [0.29, 0.717) is 41.8 Å². The van der Waals surface area contributed by atoms with Gasteiger partial charge in [0, 0.05) is 51.3 Å². The van der Waals surface area contributed by atoms with E-state index in [1.165, 1.54) is 40.2 Å². The van der Waals surface area contributed by atoms with Crippen LogP contribution in [0.4, 0.5) is 13.2 Å². The van der Waals surface area contributed by atoms with Crippen molar-refractivity contribution in [2.45, 2.75) is 32.7 Å². The summed E-state index contributed by atoms with van der Waals surface area (Å²) in [6, 6.07) is 34.8. The third-order valence-corrected chi connectivity index (χ3v) is 10.0. The predicted octanol–water partition coefficient (Wildman–Crippen LogP) is 10.6. The zero-order valence-electron chi connectivity index (χ0n) is 31.3. The van der Waals surface area contributed by atoms with Crippen LogP contribution in [0.3, 0.4) is 0 Å². The van der Waals surface area contributed by atoms with E-state index in [0.717, 1.165) is 55.1 Å². The van der Waals surface area contributed by atoms with Crippen molar-refractivity contribution in [3.8, 4) is 23.1 Å². The summed E-state index contributed by atoms with van der Waals surface area (Å²) in [5, 5.41) is 2.74. The van der Waals surface area contributed by atoms with Crippen LogP contribution in [-0.2, 0) is 30.5 Å². The van der Waals surface area contributed by atoms with E-state index in [1.807, 2.05) is 36.1 Å². The maximum Gasteiger partial charge on any atom is 0.416 e. The summed E-state index contributed by atoms with van der Waals surface area (Å²) in [6.07, 6.45) is 1.24. The number of pyridine rings is 1. The third-order valence-electron chi connectivity index (χ3n) is 9.77. The zero-order valence-corrected chi connectivity index (χ0v) is 32.1. The number of carbonyl (C=O) groups is 1. The lowest BCUT2D eigenvalue weighted by Gasteiger charge is -2.34. The molecule has 292 valence electrons. The highest BCUT2D eigenvalue weighted by Gasteiger charge is 2.30. The molecule has 0 bridgehead atoms. The van der Waals surface area contributed by atoms with Crippen LogP contribution < -0.4 is 14.2 Å². The summed E-state index contributed by atoms with van der Waals surface area (Å²) >= 11 is 6.60. The Morgan fingerprint density at radius 2 is 1.49 bits per heavy atom. The molecule has 1 aromatic heterocycles. The van der Waals surface area contributed by atoms with E-state index < -0.39 is 11.7 Å². The van der Waals surface area contributed by atoms with E-state index in [-0.39, 0.29) is 18.4 Å². The average Bonchev–Trinajstić information content (AvgIpc) is 3.21. The lowest BCUT2D eigenvalue weighted by molar-refractivity contribution is -0.137. The first-order chi connectivity index (χ1) is 27.6. The molecule has 7 rings (SSSR count). The van der Waals surface area contributed by atoms with Crippen molar-refractivity contribution in [3.63, 3.8) is 0 Å². The number of ether oxygens (including phenoxy) is 3. The Morgan fingerprint density at radius 1 is 0.789 bits per heavy atom. The maximum absolute atomic E-state index is 13.1. The summed E-state index contributed by atoms with van der Waals surface area (Å²) in [7, 11) is 0. The van der Waals surface area contributed by atoms with Crippen molar-refractivity contribution in [1.82, 2.24) is 14.8 Å². The van der Waals surface area contributed by atoms with E-state index in [9.17, 15) is 18.0 Å². The first kappa shape index (κ1) is 39.4. The maximum atomic E-state index is 13.1. The van der Waals surface area contributed by atoms with Gasteiger partial charge in [-0.2, -0.15) is 13.2 Å². The van der Waals surface area contributed by atoms with Crippen molar-refractivity contribution in [2.24, 2.45) is 0 Å². The molecule has 57 heavy (non-hydrogen) atoms. The van der Waals surface area contributed by atoms with Gasteiger partial charge in [0.1, 0.15) is 18.1 Å². The molecule has 0 saturated carbocycles. The first-order valence-electron chi connectivity index (χ1n) is 18.7. The smallest absolute Gasteiger partial charge is 0.416 e. The summed E-state index contributed by atoms with van der Waals surface area (Å²) < 4.78 is 56.1. The van der Waals surface area contributed by atoms with Gasteiger partial charge in [0.15, 0.2) is 5.75 Å². The molecule has 0 unspecified atom stereocenters. The van der Waals surface area contributed by atoms with Gasteiger partial charge in [-0.15, -0.1) is 0 Å². The molecule has 2 heterocycles. The number of hydrogen-bond donors (Lipinski definition) is 0. The lowest BCUT2D eigenvalue weighted by atomic mass is 10.1. The van der Waals surface area contributed by atoms with Crippen molar-refractivity contribution >= 4 is 34.4 Å². The molecular weight excluding hydrogens is 751 g/mol. The van der Waals surface area contributed by atoms with Gasteiger partial charge in [0.05, 0.1) is 23.4 Å². The molecule has 5 aromatic carbocycles. The molecule has 0 spiro atoms. The van der Waals surface area contributed by atoms with Gasteiger partial charge in [-0.05, 0) is 94.1 Å². The van der Waals surface area contributed by atoms with Gasteiger partial charge in [0.25, 0.3) is 0 Å². The molecule has 0 radical (unpaired) electrons. The normalized spacial score (nSPS) is 13.6. The molecule has 1 aliphatic heterocycles. The second-order valence-electron chi connectivity index (χ2n) is 13.9.